The summed E-state index contributed by atoms with van der Waals surface area (Å²) in [5.74, 6) is 0. The van der Waals surface area contributed by atoms with E-state index < -0.39 is 0 Å². The largest absolute Gasteiger partial charge is 0.326 e. The van der Waals surface area contributed by atoms with E-state index in [1.54, 1.807) is 10.9 Å². The summed E-state index contributed by atoms with van der Waals surface area (Å²) < 4.78 is 1.75. The van der Waals surface area contributed by atoms with Crippen LogP contribution in [0, 0.1) is 0 Å². The van der Waals surface area contributed by atoms with Gasteiger partial charge in [0.25, 0.3) is 0 Å². The summed E-state index contributed by atoms with van der Waals surface area (Å²) in [6.45, 7) is 2.64. The molecule has 1 heterocycles. The fourth-order valence-electron chi connectivity index (χ4n) is 1.55. The van der Waals surface area contributed by atoms with Gasteiger partial charge in [0, 0.05) is 6.54 Å². The molecular formula is C11H14N4. The van der Waals surface area contributed by atoms with Crippen molar-refractivity contribution < 1.29 is 0 Å². The summed E-state index contributed by atoms with van der Waals surface area (Å²) in [7, 11) is 0. The van der Waals surface area contributed by atoms with Crippen molar-refractivity contribution >= 4 is 0 Å². The van der Waals surface area contributed by atoms with Crippen LogP contribution in [0.15, 0.2) is 30.6 Å². The minimum absolute atomic E-state index is 0.513. The van der Waals surface area contributed by atoms with Gasteiger partial charge < -0.3 is 5.73 Å². The molecule has 1 aromatic carbocycles. The van der Waals surface area contributed by atoms with Gasteiger partial charge in [-0.15, -0.1) is 5.10 Å². The summed E-state index contributed by atoms with van der Waals surface area (Å²) >= 11 is 0. The highest BCUT2D eigenvalue weighted by molar-refractivity contribution is 5.43. The average Bonchev–Trinajstić information content (AvgIpc) is 2.81. The Morgan fingerprint density at radius 1 is 1.40 bits per heavy atom. The first-order chi connectivity index (χ1) is 7.35. The van der Waals surface area contributed by atoms with E-state index in [9.17, 15) is 0 Å². The fourth-order valence-corrected chi connectivity index (χ4v) is 1.55. The molecule has 0 atom stereocenters. The van der Waals surface area contributed by atoms with Crippen molar-refractivity contribution in [1.82, 2.24) is 15.0 Å². The number of rotatable bonds is 3. The lowest BCUT2D eigenvalue weighted by Gasteiger charge is -2.08. The number of aromatic nitrogens is 3. The van der Waals surface area contributed by atoms with Crippen LogP contribution in [0.4, 0.5) is 0 Å². The second-order valence-electron chi connectivity index (χ2n) is 3.37. The molecule has 2 aromatic rings. The van der Waals surface area contributed by atoms with Crippen molar-refractivity contribution in [3.05, 3.63) is 41.7 Å². The van der Waals surface area contributed by atoms with Crippen LogP contribution in [-0.4, -0.2) is 15.0 Å². The number of benzene rings is 1. The van der Waals surface area contributed by atoms with Crippen LogP contribution in [0.25, 0.3) is 5.69 Å². The van der Waals surface area contributed by atoms with E-state index >= 15 is 0 Å². The van der Waals surface area contributed by atoms with E-state index in [0.29, 0.717) is 6.54 Å². The highest BCUT2D eigenvalue weighted by atomic mass is 15.4. The lowest BCUT2D eigenvalue weighted by atomic mass is 10.1. The molecule has 0 saturated heterocycles. The molecule has 1 aromatic heterocycles. The Bertz CT molecular complexity index is 434. The Hall–Kier alpha value is -1.68. The Labute approximate surface area is 88.7 Å². The zero-order chi connectivity index (χ0) is 10.7. The van der Waals surface area contributed by atoms with Crippen LogP contribution in [-0.2, 0) is 13.0 Å². The Morgan fingerprint density at radius 3 is 2.87 bits per heavy atom. The van der Waals surface area contributed by atoms with Crippen LogP contribution in [0.2, 0.25) is 0 Å². The maximum atomic E-state index is 5.69. The first kappa shape index (κ1) is 9.86. The van der Waals surface area contributed by atoms with Gasteiger partial charge in [0.05, 0.1) is 18.1 Å². The predicted molar refractivity (Wildman–Crippen MR) is 58.6 cm³/mol. The number of hydrogen-bond acceptors (Lipinski definition) is 3. The highest BCUT2D eigenvalue weighted by Gasteiger charge is 2.04. The second kappa shape index (κ2) is 4.23. The predicted octanol–water partition coefficient (Wildman–Crippen LogP) is 1.29. The van der Waals surface area contributed by atoms with Crippen molar-refractivity contribution in [2.75, 3.05) is 0 Å². The molecule has 0 amide bonds. The molecule has 0 fully saturated rings. The monoisotopic (exact) mass is 202 g/mol. The average molecular weight is 202 g/mol. The third-order valence-electron chi connectivity index (χ3n) is 2.45. The quantitative estimate of drug-likeness (QED) is 0.815. The first-order valence-corrected chi connectivity index (χ1v) is 5.03. The molecule has 0 aliphatic carbocycles. The Balaban J connectivity index is 2.52. The van der Waals surface area contributed by atoms with Gasteiger partial charge in [-0.05, 0) is 23.6 Å². The molecule has 0 aliphatic rings. The maximum absolute atomic E-state index is 5.69. The zero-order valence-corrected chi connectivity index (χ0v) is 8.72. The Kier molecular flexibility index (Phi) is 2.78. The van der Waals surface area contributed by atoms with E-state index in [1.165, 1.54) is 5.56 Å². The lowest BCUT2D eigenvalue weighted by Crippen LogP contribution is -2.06. The van der Waals surface area contributed by atoms with Crippen molar-refractivity contribution in [1.29, 1.82) is 0 Å². The first-order valence-electron chi connectivity index (χ1n) is 5.03. The molecule has 4 heteroatoms. The molecular weight excluding hydrogens is 188 g/mol. The highest BCUT2D eigenvalue weighted by Crippen LogP contribution is 2.15. The molecule has 2 N–H and O–H groups in total. The van der Waals surface area contributed by atoms with Gasteiger partial charge in [0.1, 0.15) is 0 Å². The van der Waals surface area contributed by atoms with Gasteiger partial charge in [0.15, 0.2) is 0 Å². The summed E-state index contributed by atoms with van der Waals surface area (Å²) in [6, 6.07) is 6.26. The van der Waals surface area contributed by atoms with Crippen molar-refractivity contribution in [2.24, 2.45) is 5.73 Å². The van der Waals surface area contributed by atoms with Gasteiger partial charge >= 0.3 is 0 Å². The summed E-state index contributed by atoms with van der Waals surface area (Å²) in [4.78, 5) is 0. The fraction of sp³-hybridized carbons (Fsp3) is 0.273. The maximum Gasteiger partial charge on any atom is 0.0711 e. The topological polar surface area (TPSA) is 56.7 Å². The molecule has 0 aliphatic heterocycles. The van der Waals surface area contributed by atoms with Gasteiger partial charge in [-0.3, -0.25) is 0 Å². The number of nitrogens with zero attached hydrogens (tertiary/aromatic N) is 3. The van der Waals surface area contributed by atoms with E-state index in [1.807, 2.05) is 6.20 Å². The molecule has 78 valence electrons. The van der Waals surface area contributed by atoms with Crippen LogP contribution < -0.4 is 5.73 Å². The van der Waals surface area contributed by atoms with Crippen molar-refractivity contribution in [2.45, 2.75) is 19.9 Å². The minimum Gasteiger partial charge on any atom is -0.326 e. The lowest BCUT2D eigenvalue weighted by molar-refractivity contribution is 0.790. The minimum atomic E-state index is 0.513. The molecule has 0 radical (unpaired) electrons. The van der Waals surface area contributed by atoms with Crippen LogP contribution >= 0.6 is 0 Å². The molecule has 15 heavy (non-hydrogen) atoms. The molecule has 0 unspecified atom stereocenters. The number of nitrogens with two attached hydrogens (primary N) is 1. The van der Waals surface area contributed by atoms with Gasteiger partial charge in [-0.2, -0.15) is 0 Å². The van der Waals surface area contributed by atoms with E-state index in [4.69, 9.17) is 5.73 Å². The van der Waals surface area contributed by atoms with E-state index in [2.05, 4.69) is 35.4 Å². The molecule has 0 spiro atoms. The number of hydrogen-bond donors (Lipinski definition) is 1. The van der Waals surface area contributed by atoms with Gasteiger partial charge in [-0.25, -0.2) is 4.68 Å². The molecule has 0 saturated carbocycles. The SMILES string of the molecule is CCc1ccc(CN)c(-n2ccnn2)c1. The van der Waals surface area contributed by atoms with Crippen molar-refractivity contribution in [3.8, 4) is 5.69 Å². The van der Waals surface area contributed by atoms with E-state index in [-0.39, 0.29) is 0 Å². The summed E-state index contributed by atoms with van der Waals surface area (Å²) in [5, 5.41) is 7.78. The molecule has 2 rings (SSSR count). The normalized spacial score (nSPS) is 10.5. The Morgan fingerprint density at radius 2 is 2.27 bits per heavy atom. The summed E-state index contributed by atoms with van der Waals surface area (Å²) in [5.41, 5.74) is 9.07. The standard InChI is InChI=1S/C11H14N4/c1-2-9-3-4-10(8-12)11(7-9)15-6-5-13-14-15/h3-7H,2,8,12H2,1H3. The third kappa shape index (κ3) is 1.89. The van der Waals surface area contributed by atoms with E-state index in [0.717, 1.165) is 17.7 Å². The number of aryl methyl sites for hydroxylation is 1. The molecule has 4 nitrogen and oxygen atoms in total. The molecule has 0 bridgehead atoms. The van der Waals surface area contributed by atoms with Crippen LogP contribution in [0.1, 0.15) is 18.1 Å². The van der Waals surface area contributed by atoms with Crippen molar-refractivity contribution in [3.63, 3.8) is 0 Å². The van der Waals surface area contributed by atoms with Crippen LogP contribution in [0.5, 0.6) is 0 Å². The summed E-state index contributed by atoms with van der Waals surface area (Å²) in [6.07, 6.45) is 4.50. The zero-order valence-electron chi connectivity index (χ0n) is 8.72. The van der Waals surface area contributed by atoms with Gasteiger partial charge in [-0.1, -0.05) is 24.3 Å². The second-order valence-corrected chi connectivity index (χ2v) is 3.37. The van der Waals surface area contributed by atoms with Gasteiger partial charge in [0.2, 0.25) is 0 Å². The van der Waals surface area contributed by atoms with Crippen LogP contribution in [0.3, 0.4) is 0 Å². The third-order valence-corrected chi connectivity index (χ3v) is 2.45. The smallest absolute Gasteiger partial charge is 0.0711 e.